The van der Waals surface area contributed by atoms with Crippen molar-refractivity contribution >= 4 is 23.5 Å². The number of hydrogen-bond acceptors (Lipinski definition) is 5. The Bertz CT molecular complexity index is 362. The highest BCUT2D eigenvalue weighted by atomic mass is 32.2. The van der Waals surface area contributed by atoms with Crippen molar-refractivity contribution in [3.05, 3.63) is 12.0 Å². The molecule has 18 heavy (non-hydrogen) atoms. The van der Waals surface area contributed by atoms with Gasteiger partial charge in [-0.25, -0.2) is 9.37 Å². The van der Waals surface area contributed by atoms with Crippen LogP contribution in [0.15, 0.2) is 6.20 Å². The summed E-state index contributed by atoms with van der Waals surface area (Å²) < 4.78 is 13.5. The molecule has 1 aromatic rings. The monoisotopic (exact) mass is 272 g/mol. The van der Waals surface area contributed by atoms with Crippen molar-refractivity contribution in [2.75, 3.05) is 35.7 Å². The van der Waals surface area contributed by atoms with Crippen molar-refractivity contribution in [2.24, 2.45) is 5.92 Å². The molecule has 2 N–H and O–H groups in total. The number of nitrogens with zero attached hydrogens (tertiary/aromatic N) is 2. The van der Waals surface area contributed by atoms with Crippen molar-refractivity contribution in [1.29, 1.82) is 0 Å². The number of thioether (sulfide) groups is 1. The van der Waals surface area contributed by atoms with E-state index in [1.165, 1.54) is 6.20 Å². The van der Waals surface area contributed by atoms with Crippen molar-refractivity contribution in [2.45, 2.75) is 20.3 Å². The number of aromatic nitrogens is 2. The average Bonchev–Trinajstić information content (AvgIpc) is 2.36. The minimum atomic E-state index is -0.409. The van der Waals surface area contributed by atoms with E-state index >= 15 is 0 Å². The number of halogens is 1. The lowest BCUT2D eigenvalue weighted by atomic mass is 10.2. The van der Waals surface area contributed by atoms with Gasteiger partial charge in [-0.1, -0.05) is 13.8 Å². The van der Waals surface area contributed by atoms with Crippen LogP contribution in [0.5, 0.6) is 0 Å². The first-order valence-corrected chi connectivity index (χ1v) is 7.56. The van der Waals surface area contributed by atoms with Gasteiger partial charge in [-0.15, -0.1) is 0 Å². The van der Waals surface area contributed by atoms with E-state index in [-0.39, 0.29) is 5.82 Å². The third-order valence-electron chi connectivity index (χ3n) is 2.35. The topological polar surface area (TPSA) is 49.8 Å². The molecule has 0 aliphatic heterocycles. The fraction of sp³-hybridized carbons (Fsp3) is 0.667. The summed E-state index contributed by atoms with van der Waals surface area (Å²) in [4.78, 5) is 8.03. The third-order valence-corrected chi connectivity index (χ3v) is 3.25. The first-order valence-electron chi connectivity index (χ1n) is 6.16. The molecule has 0 saturated carbocycles. The average molecular weight is 272 g/mol. The number of anilines is 2. The molecule has 0 saturated heterocycles. The second-order valence-corrected chi connectivity index (χ2v) is 5.17. The molecule has 0 fully saturated rings. The molecule has 0 aromatic carbocycles. The predicted molar refractivity (Wildman–Crippen MR) is 76.8 cm³/mol. The summed E-state index contributed by atoms with van der Waals surface area (Å²) in [5.74, 6) is 1.85. The molecule has 4 nitrogen and oxygen atoms in total. The van der Waals surface area contributed by atoms with Crippen molar-refractivity contribution in [3.63, 3.8) is 0 Å². The van der Waals surface area contributed by atoms with Gasteiger partial charge in [0.1, 0.15) is 0 Å². The molecular weight excluding hydrogens is 251 g/mol. The van der Waals surface area contributed by atoms with Crippen LogP contribution < -0.4 is 10.6 Å². The Labute approximate surface area is 112 Å². The van der Waals surface area contributed by atoms with E-state index in [0.717, 1.165) is 18.7 Å². The molecule has 1 unspecified atom stereocenters. The summed E-state index contributed by atoms with van der Waals surface area (Å²) in [6.07, 6.45) is 4.25. The first kappa shape index (κ1) is 15.0. The first-order chi connectivity index (χ1) is 8.67. The summed E-state index contributed by atoms with van der Waals surface area (Å²) in [6, 6.07) is 0. The highest BCUT2D eigenvalue weighted by Crippen LogP contribution is 2.13. The van der Waals surface area contributed by atoms with Crippen LogP contribution in [0, 0.1) is 11.7 Å². The lowest BCUT2D eigenvalue weighted by Gasteiger charge is -2.13. The van der Waals surface area contributed by atoms with Crippen LogP contribution in [0.1, 0.15) is 20.3 Å². The van der Waals surface area contributed by atoms with E-state index < -0.39 is 5.82 Å². The number of rotatable bonds is 8. The van der Waals surface area contributed by atoms with Crippen LogP contribution in [0.3, 0.4) is 0 Å². The molecule has 0 radical (unpaired) electrons. The molecule has 1 rings (SSSR count). The normalized spacial score (nSPS) is 12.2. The maximum Gasteiger partial charge on any atom is 0.224 e. The van der Waals surface area contributed by atoms with Crippen molar-refractivity contribution in [1.82, 2.24) is 9.97 Å². The van der Waals surface area contributed by atoms with Gasteiger partial charge in [-0.2, -0.15) is 16.7 Å². The molecule has 1 heterocycles. The minimum absolute atomic E-state index is 0.275. The Morgan fingerprint density at radius 3 is 2.89 bits per heavy atom. The zero-order valence-corrected chi connectivity index (χ0v) is 12.0. The van der Waals surface area contributed by atoms with Gasteiger partial charge in [0.05, 0.1) is 6.20 Å². The zero-order chi connectivity index (χ0) is 13.4. The van der Waals surface area contributed by atoms with Crippen LogP contribution in [-0.2, 0) is 0 Å². The standard InChI is InChI=1S/C12H21FN4S/c1-4-5-14-12-16-7-10(13)11(17-12)15-6-9(2)8-18-3/h7,9H,4-6,8H2,1-3H3,(H2,14,15,16,17). The summed E-state index contributed by atoms with van der Waals surface area (Å²) in [5.41, 5.74) is 0. The van der Waals surface area contributed by atoms with Gasteiger partial charge in [0.2, 0.25) is 5.95 Å². The minimum Gasteiger partial charge on any atom is -0.367 e. The Hall–Kier alpha value is -1.04. The summed E-state index contributed by atoms with van der Waals surface area (Å²) in [7, 11) is 0. The van der Waals surface area contributed by atoms with Gasteiger partial charge >= 0.3 is 0 Å². The van der Waals surface area contributed by atoms with Crippen LogP contribution in [0.25, 0.3) is 0 Å². The van der Waals surface area contributed by atoms with E-state index in [2.05, 4.69) is 40.7 Å². The Balaban J connectivity index is 2.57. The molecule has 0 amide bonds. The van der Waals surface area contributed by atoms with Gasteiger partial charge < -0.3 is 10.6 Å². The SMILES string of the molecule is CCCNc1ncc(F)c(NCC(C)CSC)n1. The molecule has 0 spiro atoms. The lowest BCUT2D eigenvalue weighted by Crippen LogP contribution is -2.16. The zero-order valence-electron chi connectivity index (χ0n) is 11.2. The van der Waals surface area contributed by atoms with Crippen LogP contribution in [0.4, 0.5) is 16.2 Å². The van der Waals surface area contributed by atoms with Gasteiger partial charge in [-0.3, -0.25) is 0 Å². The summed E-state index contributed by atoms with van der Waals surface area (Å²) >= 11 is 1.78. The second-order valence-electron chi connectivity index (χ2n) is 4.26. The molecular formula is C12H21FN4S. The summed E-state index contributed by atoms with van der Waals surface area (Å²) in [5, 5.41) is 6.08. The van der Waals surface area contributed by atoms with E-state index in [0.29, 0.717) is 18.4 Å². The maximum atomic E-state index is 13.5. The van der Waals surface area contributed by atoms with Gasteiger partial charge in [0, 0.05) is 13.1 Å². The largest absolute Gasteiger partial charge is 0.367 e. The van der Waals surface area contributed by atoms with E-state index in [1.54, 1.807) is 11.8 Å². The highest BCUT2D eigenvalue weighted by Gasteiger charge is 2.08. The molecule has 0 aliphatic rings. The third kappa shape index (κ3) is 5.08. The quantitative estimate of drug-likeness (QED) is 0.762. The van der Waals surface area contributed by atoms with Gasteiger partial charge in [-0.05, 0) is 24.3 Å². The number of hydrogen-bond donors (Lipinski definition) is 2. The second kappa shape index (κ2) is 8.13. The van der Waals surface area contributed by atoms with Crippen LogP contribution in [0.2, 0.25) is 0 Å². The fourth-order valence-electron chi connectivity index (χ4n) is 1.43. The molecule has 0 bridgehead atoms. The van der Waals surface area contributed by atoms with Gasteiger partial charge in [0.15, 0.2) is 11.6 Å². The smallest absolute Gasteiger partial charge is 0.224 e. The number of nitrogens with one attached hydrogen (secondary N) is 2. The molecule has 0 aliphatic carbocycles. The van der Waals surface area contributed by atoms with Gasteiger partial charge in [0.25, 0.3) is 0 Å². The predicted octanol–water partition coefficient (Wildman–Crippen LogP) is 2.85. The molecule has 1 aromatic heterocycles. The fourth-order valence-corrected chi connectivity index (χ4v) is 2.11. The van der Waals surface area contributed by atoms with Crippen LogP contribution in [-0.4, -0.2) is 35.1 Å². The summed E-state index contributed by atoms with van der Waals surface area (Å²) in [6.45, 7) is 5.68. The lowest BCUT2D eigenvalue weighted by molar-refractivity contribution is 0.612. The Morgan fingerprint density at radius 1 is 1.44 bits per heavy atom. The van der Waals surface area contributed by atoms with E-state index in [1.807, 2.05) is 0 Å². The van der Waals surface area contributed by atoms with Crippen molar-refractivity contribution in [3.8, 4) is 0 Å². The highest BCUT2D eigenvalue weighted by molar-refractivity contribution is 7.98. The van der Waals surface area contributed by atoms with Crippen LogP contribution >= 0.6 is 11.8 Å². The maximum absolute atomic E-state index is 13.5. The molecule has 6 heteroatoms. The van der Waals surface area contributed by atoms with E-state index in [4.69, 9.17) is 0 Å². The Kier molecular flexibility index (Phi) is 6.78. The Morgan fingerprint density at radius 2 is 2.22 bits per heavy atom. The molecule has 102 valence electrons. The van der Waals surface area contributed by atoms with Crippen molar-refractivity contribution < 1.29 is 4.39 Å². The molecule has 1 atom stereocenters. The van der Waals surface area contributed by atoms with E-state index in [9.17, 15) is 4.39 Å².